The predicted octanol–water partition coefficient (Wildman–Crippen LogP) is 1.97. The Morgan fingerprint density at radius 3 is 3.18 bits per heavy atom. The zero-order valence-corrected chi connectivity index (χ0v) is 9.83. The van der Waals surface area contributed by atoms with Gasteiger partial charge in [0.1, 0.15) is 5.82 Å². The van der Waals surface area contributed by atoms with Crippen LogP contribution in [0.5, 0.6) is 0 Å². The summed E-state index contributed by atoms with van der Waals surface area (Å²) >= 11 is 0. The lowest BCUT2D eigenvalue weighted by atomic mass is 10.1. The van der Waals surface area contributed by atoms with Crippen LogP contribution in [0, 0.1) is 5.82 Å². The first-order valence-electron chi connectivity index (χ1n) is 5.88. The molecule has 0 aliphatic heterocycles. The molecule has 3 nitrogen and oxygen atoms in total. The van der Waals surface area contributed by atoms with Gasteiger partial charge >= 0.3 is 5.97 Å². The molecule has 4 heteroatoms. The van der Waals surface area contributed by atoms with Gasteiger partial charge in [-0.2, -0.15) is 0 Å². The van der Waals surface area contributed by atoms with Crippen LogP contribution >= 0.6 is 0 Å². The lowest BCUT2D eigenvalue weighted by Crippen LogP contribution is -2.27. The minimum atomic E-state index is -0.266. The molecular formula is C13H16FNO2. The van der Waals surface area contributed by atoms with Gasteiger partial charge in [-0.15, -0.1) is 0 Å². The number of esters is 1. The fraction of sp³-hybridized carbons (Fsp3) is 0.462. The Bertz CT molecular complexity index is 420. The normalized spacial score (nSPS) is 17.9. The Morgan fingerprint density at radius 1 is 1.59 bits per heavy atom. The monoisotopic (exact) mass is 237 g/mol. The van der Waals surface area contributed by atoms with Crippen molar-refractivity contribution in [3.8, 4) is 0 Å². The highest BCUT2D eigenvalue weighted by atomic mass is 19.1. The average molecular weight is 237 g/mol. The molecule has 0 saturated carbocycles. The summed E-state index contributed by atoms with van der Waals surface area (Å²) in [6.07, 6.45) is 1.55. The Balaban J connectivity index is 1.98. The van der Waals surface area contributed by atoms with Crippen molar-refractivity contribution in [2.45, 2.75) is 25.8 Å². The maximum Gasteiger partial charge on any atom is 0.319 e. The fourth-order valence-corrected chi connectivity index (χ4v) is 2.24. The van der Waals surface area contributed by atoms with Crippen molar-refractivity contribution in [3.63, 3.8) is 0 Å². The topological polar surface area (TPSA) is 38.3 Å². The molecule has 17 heavy (non-hydrogen) atoms. The molecule has 0 heterocycles. The molecule has 1 N–H and O–H groups in total. The number of hydrogen-bond acceptors (Lipinski definition) is 3. The number of ether oxygens (including phenoxy) is 1. The fourth-order valence-electron chi connectivity index (χ4n) is 2.24. The SMILES string of the molecule is CCOC(=O)CNC1CCc2c(F)cccc21. The van der Waals surface area contributed by atoms with Crippen LogP contribution in [0.25, 0.3) is 0 Å². The highest BCUT2D eigenvalue weighted by Crippen LogP contribution is 2.32. The van der Waals surface area contributed by atoms with Crippen LogP contribution in [0.3, 0.4) is 0 Å². The molecule has 0 amide bonds. The second-order valence-corrected chi connectivity index (χ2v) is 4.08. The van der Waals surface area contributed by atoms with Crippen molar-refractivity contribution >= 4 is 5.97 Å². The van der Waals surface area contributed by atoms with Crippen LogP contribution < -0.4 is 5.32 Å². The number of hydrogen-bond donors (Lipinski definition) is 1. The van der Waals surface area contributed by atoms with E-state index in [4.69, 9.17) is 4.74 Å². The van der Waals surface area contributed by atoms with E-state index in [1.807, 2.05) is 6.07 Å². The third-order valence-electron chi connectivity index (χ3n) is 3.01. The van der Waals surface area contributed by atoms with Gasteiger partial charge in [-0.05, 0) is 37.0 Å². The van der Waals surface area contributed by atoms with E-state index in [0.717, 1.165) is 24.0 Å². The molecule has 2 rings (SSSR count). The van der Waals surface area contributed by atoms with E-state index in [9.17, 15) is 9.18 Å². The van der Waals surface area contributed by atoms with Gasteiger partial charge < -0.3 is 10.1 Å². The van der Waals surface area contributed by atoms with Gasteiger partial charge in [0.25, 0.3) is 0 Å². The Hall–Kier alpha value is -1.42. The molecular weight excluding hydrogens is 221 g/mol. The second kappa shape index (κ2) is 5.27. The Labute approximate surface area is 100.0 Å². The molecule has 1 unspecified atom stereocenters. The smallest absolute Gasteiger partial charge is 0.319 e. The number of benzene rings is 1. The summed E-state index contributed by atoms with van der Waals surface area (Å²) in [5.74, 6) is -0.416. The molecule has 1 aromatic carbocycles. The maximum absolute atomic E-state index is 13.5. The standard InChI is InChI=1S/C13H16FNO2/c1-2-17-13(16)8-15-12-7-6-9-10(12)4-3-5-11(9)14/h3-5,12,15H,2,6-8H2,1H3. The highest BCUT2D eigenvalue weighted by Gasteiger charge is 2.24. The first kappa shape index (κ1) is 12.0. The number of carbonyl (C=O) groups excluding carboxylic acids is 1. The van der Waals surface area contributed by atoms with Crippen LogP contribution in [0.4, 0.5) is 4.39 Å². The zero-order valence-electron chi connectivity index (χ0n) is 9.83. The summed E-state index contributed by atoms with van der Waals surface area (Å²) in [6, 6.07) is 5.16. The predicted molar refractivity (Wildman–Crippen MR) is 62.1 cm³/mol. The lowest BCUT2D eigenvalue weighted by molar-refractivity contribution is -0.142. The van der Waals surface area contributed by atoms with Crippen molar-refractivity contribution in [3.05, 3.63) is 35.1 Å². The van der Waals surface area contributed by atoms with E-state index in [2.05, 4.69) is 5.32 Å². The van der Waals surface area contributed by atoms with Crippen molar-refractivity contribution in [2.75, 3.05) is 13.2 Å². The van der Waals surface area contributed by atoms with E-state index in [1.54, 1.807) is 13.0 Å². The molecule has 92 valence electrons. The number of nitrogens with one attached hydrogen (secondary N) is 1. The minimum Gasteiger partial charge on any atom is -0.465 e. The molecule has 1 aliphatic carbocycles. The molecule has 0 aromatic heterocycles. The highest BCUT2D eigenvalue weighted by molar-refractivity contribution is 5.71. The molecule has 0 spiro atoms. The average Bonchev–Trinajstić information content (AvgIpc) is 2.72. The van der Waals surface area contributed by atoms with Crippen LogP contribution in [-0.2, 0) is 16.0 Å². The first-order chi connectivity index (χ1) is 8.22. The van der Waals surface area contributed by atoms with E-state index in [0.29, 0.717) is 6.61 Å². The van der Waals surface area contributed by atoms with Gasteiger partial charge in [-0.1, -0.05) is 12.1 Å². The van der Waals surface area contributed by atoms with Crippen molar-refractivity contribution in [1.82, 2.24) is 5.32 Å². The first-order valence-corrected chi connectivity index (χ1v) is 5.88. The Morgan fingerprint density at radius 2 is 2.41 bits per heavy atom. The van der Waals surface area contributed by atoms with Gasteiger partial charge in [0.15, 0.2) is 0 Å². The summed E-state index contributed by atoms with van der Waals surface area (Å²) < 4.78 is 18.3. The zero-order chi connectivity index (χ0) is 12.3. The molecule has 1 atom stereocenters. The molecule has 0 fully saturated rings. The third-order valence-corrected chi connectivity index (χ3v) is 3.01. The summed E-state index contributed by atoms with van der Waals surface area (Å²) in [5.41, 5.74) is 1.74. The third kappa shape index (κ3) is 2.64. The van der Waals surface area contributed by atoms with Crippen LogP contribution in [0.15, 0.2) is 18.2 Å². The van der Waals surface area contributed by atoms with Crippen molar-refractivity contribution < 1.29 is 13.9 Å². The van der Waals surface area contributed by atoms with Crippen molar-refractivity contribution in [1.29, 1.82) is 0 Å². The van der Waals surface area contributed by atoms with Crippen LogP contribution in [0.1, 0.15) is 30.5 Å². The van der Waals surface area contributed by atoms with E-state index < -0.39 is 0 Å². The maximum atomic E-state index is 13.5. The van der Waals surface area contributed by atoms with E-state index in [1.165, 1.54) is 6.07 Å². The minimum absolute atomic E-state index is 0.0603. The largest absolute Gasteiger partial charge is 0.465 e. The number of rotatable bonds is 4. The van der Waals surface area contributed by atoms with Gasteiger partial charge in [0.2, 0.25) is 0 Å². The number of carbonyl (C=O) groups is 1. The summed E-state index contributed by atoms with van der Waals surface area (Å²) in [6.45, 7) is 2.34. The summed E-state index contributed by atoms with van der Waals surface area (Å²) in [7, 11) is 0. The second-order valence-electron chi connectivity index (χ2n) is 4.08. The van der Waals surface area contributed by atoms with Gasteiger partial charge in [-0.3, -0.25) is 4.79 Å². The molecule has 1 aromatic rings. The summed E-state index contributed by atoms with van der Waals surface area (Å²) in [5, 5.41) is 3.11. The molecule has 0 saturated heterocycles. The van der Waals surface area contributed by atoms with E-state index >= 15 is 0 Å². The van der Waals surface area contributed by atoms with Crippen molar-refractivity contribution in [2.24, 2.45) is 0 Å². The molecule has 0 radical (unpaired) electrons. The lowest BCUT2D eigenvalue weighted by Gasteiger charge is -2.13. The number of halogens is 1. The van der Waals surface area contributed by atoms with Gasteiger partial charge in [0.05, 0.1) is 13.2 Å². The molecule has 0 bridgehead atoms. The van der Waals surface area contributed by atoms with Gasteiger partial charge in [0, 0.05) is 6.04 Å². The van der Waals surface area contributed by atoms with E-state index in [-0.39, 0.29) is 24.4 Å². The number of fused-ring (bicyclic) bond motifs is 1. The van der Waals surface area contributed by atoms with Crippen LogP contribution in [0.2, 0.25) is 0 Å². The van der Waals surface area contributed by atoms with Crippen LogP contribution in [-0.4, -0.2) is 19.1 Å². The summed E-state index contributed by atoms with van der Waals surface area (Å²) in [4.78, 5) is 11.2. The Kier molecular flexibility index (Phi) is 3.74. The quantitative estimate of drug-likeness (QED) is 0.814. The van der Waals surface area contributed by atoms with Gasteiger partial charge in [-0.25, -0.2) is 4.39 Å². The molecule has 1 aliphatic rings.